The summed E-state index contributed by atoms with van der Waals surface area (Å²) in [6.07, 6.45) is 13.0. The Hall–Kier alpha value is -1.74. The van der Waals surface area contributed by atoms with Crippen molar-refractivity contribution in [3.8, 4) is 5.75 Å². The van der Waals surface area contributed by atoms with Crippen LogP contribution in [0, 0.1) is 18.9 Å². The topological polar surface area (TPSA) is 12.2 Å². The van der Waals surface area contributed by atoms with Crippen molar-refractivity contribution in [2.75, 3.05) is 7.11 Å². The van der Waals surface area contributed by atoms with Crippen LogP contribution in [-0.4, -0.2) is 26.5 Å². The number of allylic oxidation sites excluding steroid dienone is 2. The van der Waals surface area contributed by atoms with Crippen molar-refractivity contribution >= 4 is 14.8 Å². The Labute approximate surface area is 166 Å². The standard InChI is InChI=1S/C24H35NOSi/c1-18-12-13-21(26-3)16-22(18)23-15-20(14-19-10-8-7-9-11-19)24(17-25(23)2)27(4,5)6/h12-13,15-17,19H,2,7-11,14H2,1,3-6H3. The Morgan fingerprint density at radius 3 is 2.52 bits per heavy atom. The zero-order valence-electron chi connectivity index (χ0n) is 17.8. The van der Waals surface area contributed by atoms with Gasteiger partial charge in [-0.3, -0.25) is 4.58 Å². The molecule has 0 atom stereocenters. The Kier molecular flexibility index (Phi) is 6.00. The van der Waals surface area contributed by atoms with E-state index in [1.54, 1.807) is 17.9 Å². The van der Waals surface area contributed by atoms with Crippen LogP contribution in [0.3, 0.4) is 0 Å². The number of methoxy groups -OCH3 is 1. The van der Waals surface area contributed by atoms with Gasteiger partial charge in [0.25, 0.3) is 0 Å². The molecule has 1 aliphatic heterocycles. The molecule has 1 aliphatic carbocycles. The molecule has 3 rings (SSSR count). The van der Waals surface area contributed by atoms with Gasteiger partial charge in [-0.25, -0.2) is 0 Å². The lowest BCUT2D eigenvalue weighted by atomic mass is 9.83. The molecule has 0 radical (unpaired) electrons. The smallest absolute Gasteiger partial charge is 0.147 e. The Morgan fingerprint density at radius 2 is 1.89 bits per heavy atom. The van der Waals surface area contributed by atoms with E-state index >= 15 is 0 Å². The lowest BCUT2D eigenvalue weighted by Gasteiger charge is -2.34. The molecular weight excluding hydrogens is 346 g/mol. The molecule has 0 aromatic heterocycles. The van der Waals surface area contributed by atoms with Gasteiger partial charge in [-0.1, -0.05) is 81.9 Å². The third kappa shape index (κ3) is 4.57. The summed E-state index contributed by atoms with van der Waals surface area (Å²) in [6, 6.07) is 7.51. The van der Waals surface area contributed by atoms with Gasteiger partial charge in [0.15, 0.2) is 0 Å². The fourth-order valence-electron chi connectivity index (χ4n) is 4.42. The number of rotatable bonds is 5. The highest BCUT2D eigenvalue weighted by molar-refractivity contribution is 6.84. The van der Waals surface area contributed by atoms with E-state index in [0.29, 0.717) is 0 Å². The fraction of sp³-hybridized carbons (Fsp3) is 0.500. The molecule has 1 aromatic carbocycles. The fourth-order valence-corrected chi connectivity index (χ4v) is 6.10. The predicted octanol–water partition coefficient (Wildman–Crippen LogP) is 6.27. The summed E-state index contributed by atoms with van der Waals surface area (Å²) in [6.45, 7) is 13.9. The van der Waals surface area contributed by atoms with Crippen LogP contribution in [0.4, 0.5) is 0 Å². The number of ether oxygens (including phenoxy) is 1. The van der Waals surface area contributed by atoms with Gasteiger partial charge in [0.2, 0.25) is 0 Å². The molecule has 1 fully saturated rings. The molecule has 0 N–H and O–H groups in total. The number of benzene rings is 1. The molecule has 2 nitrogen and oxygen atoms in total. The largest absolute Gasteiger partial charge is 0.503 e. The average Bonchev–Trinajstić information content (AvgIpc) is 2.63. The maximum absolute atomic E-state index is 5.48. The van der Waals surface area contributed by atoms with Gasteiger partial charge >= 0.3 is 0 Å². The summed E-state index contributed by atoms with van der Waals surface area (Å²) in [5.74, 6) is 1.74. The van der Waals surface area contributed by atoms with E-state index in [2.05, 4.69) is 62.3 Å². The van der Waals surface area contributed by atoms with Crippen molar-refractivity contribution in [1.29, 1.82) is 0 Å². The Morgan fingerprint density at radius 1 is 1.19 bits per heavy atom. The van der Waals surface area contributed by atoms with Crippen molar-refractivity contribution in [3.05, 3.63) is 58.4 Å². The monoisotopic (exact) mass is 381 g/mol. The molecule has 0 bridgehead atoms. The van der Waals surface area contributed by atoms with Crippen molar-refractivity contribution in [2.45, 2.75) is 65.1 Å². The lowest BCUT2D eigenvalue weighted by molar-refractivity contribution is -0.418. The second-order valence-corrected chi connectivity index (χ2v) is 14.2. The maximum Gasteiger partial charge on any atom is 0.147 e. The quantitative estimate of drug-likeness (QED) is 0.333. The third-order valence-electron chi connectivity index (χ3n) is 6.01. The summed E-state index contributed by atoms with van der Waals surface area (Å²) < 4.78 is 7.56. The first-order valence-electron chi connectivity index (χ1n) is 10.3. The first kappa shape index (κ1) is 20.0. The molecule has 0 saturated heterocycles. The Balaban J connectivity index is 1.98. The molecule has 1 aromatic rings. The molecule has 27 heavy (non-hydrogen) atoms. The summed E-state index contributed by atoms with van der Waals surface area (Å²) in [5.41, 5.74) is 4.03. The predicted molar refractivity (Wildman–Crippen MR) is 118 cm³/mol. The number of nitrogens with zero attached hydrogens (tertiary/aromatic N) is 1. The molecule has 3 heteroatoms. The first-order valence-corrected chi connectivity index (χ1v) is 13.8. The van der Waals surface area contributed by atoms with Crippen LogP contribution in [0.15, 0.2) is 41.2 Å². The van der Waals surface area contributed by atoms with Crippen LogP contribution in [0.2, 0.25) is 19.6 Å². The second-order valence-electron chi connectivity index (χ2n) is 9.21. The van der Waals surface area contributed by atoms with Crippen LogP contribution in [0.25, 0.3) is 0 Å². The zero-order valence-corrected chi connectivity index (χ0v) is 18.8. The zero-order chi connectivity index (χ0) is 19.6. The summed E-state index contributed by atoms with van der Waals surface area (Å²) in [4.78, 5) is 0. The molecular formula is C24H35NOSi. The van der Waals surface area contributed by atoms with E-state index in [1.165, 1.54) is 55.7 Å². The SMILES string of the molecule is C=[N+]1C=C([Si](C)(C)C)C(CC2CCCCC2)=C[C-]1c1cc(OC)ccc1C. The number of aryl methyl sites for hydroxylation is 1. The first-order chi connectivity index (χ1) is 12.8. The van der Waals surface area contributed by atoms with Gasteiger partial charge in [-0.2, -0.15) is 0 Å². The van der Waals surface area contributed by atoms with E-state index in [9.17, 15) is 0 Å². The average molecular weight is 382 g/mol. The van der Waals surface area contributed by atoms with Crippen LogP contribution in [0.5, 0.6) is 5.75 Å². The number of hydrogen-bond donors (Lipinski definition) is 0. The number of hydrogen-bond acceptors (Lipinski definition) is 1. The summed E-state index contributed by atoms with van der Waals surface area (Å²) in [7, 11) is 0.297. The van der Waals surface area contributed by atoms with Crippen LogP contribution < -0.4 is 4.74 Å². The van der Waals surface area contributed by atoms with Crippen LogP contribution >= 0.6 is 0 Å². The van der Waals surface area contributed by atoms with Gasteiger partial charge in [-0.05, 0) is 35.2 Å². The molecule has 0 spiro atoms. The molecule has 0 amide bonds. The highest BCUT2D eigenvalue weighted by Crippen LogP contribution is 2.39. The van der Waals surface area contributed by atoms with Gasteiger partial charge in [0.1, 0.15) is 12.2 Å². The summed E-state index contributed by atoms with van der Waals surface area (Å²) >= 11 is 0. The van der Waals surface area contributed by atoms with Gasteiger partial charge in [0, 0.05) is 0 Å². The molecule has 146 valence electrons. The molecule has 1 heterocycles. The maximum atomic E-state index is 5.48. The van der Waals surface area contributed by atoms with Gasteiger partial charge in [-0.15, -0.1) is 0 Å². The second kappa shape index (κ2) is 8.10. The van der Waals surface area contributed by atoms with Crippen molar-refractivity contribution < 1.29 is 9.31 Å². The molecule has 0 unspecified atom stereocenters. The van der Waals surface area contributed by atoms with E-state index in [1.807, 2.05) is 6.07 Å². The Bertz CT molecular complexity index is 763. The normalized spacial score (nSPS) is 19.0. The third-order valence-corrected chi connectivity index (χ3v) is 8.08. The van der Waals surface area contributed by atoms with Crippen molar-refractivity contribution in [2.24, 2.45) is 5.92 Å². The minimum Gasteiger partial charge on any atom is -0.503 e. The van der Waals surface area contributed by atoms with E-state index < -0.39 is 8.07 Å². The van der Waals surface area contributed by atoms with Crippen molar-refractivity contribution in [3.63, 3.8) is 0 Å². The van der Waals surface area contributed by atoms with Gasteiger partial charge < -0.3 is 4.74 Å². The van der Waals surface area contributed by atoms with Crippen LogP contribution in [-0.2, 0) is 0 Å². The lowest BCUT2D eigenvalue weighted by Crippen LogP contribution is -2.31. The highest BCUT2D eigenvalue weighted by atomic mass is 28.3. The van der Waals surface area contributed by atoms with Gasteiger partial charge in [0.05, 0.1) is 27.7 Å². The highest BCUT2D eigenvalue weighted by Gasteiger charge is 2.30. The molecule has 2 aliphatic rings. The van der Waals surface area contributed by atoms with Crippen LogP contribution in [0.1, 0.15) is 49.7 Å². The van der Waals surface area contributed by atoms with E-state index in [4.69, 9.17) is 4.74 Å². The van der Waals surface area contributed by atoms with E-state index in [-0.39, 0.29) is 0 Å². The minimum atomic E-state index is -1.43. The summed E-state index contributed by atoms with van der Waals surface area (Å²) in [5, 5.41) is 1.56. The molecule has 1 saturated carbocycles. The van der Waals surface area contributed by atoms with Crippen molar-refractivity contribution in [1.82, 2.24) is 0 Å². The minimum absolute atomic E-state index is 0.841. The van der Waals surface area contributed by atoms with E-state index in [0.717, 1.165) is 11.7 Å².